The van der Waals surface area contributed by atoms with Crippen molar-refractivity contribution >= 4 is 50.5 Å². The van der Waals surface area contributed by atoms with Gasteiger partial charge < -0.3 is 0 Å². The van der Waals surface area contributed by atoms with Crippen LogP contribution < -0.4 is 0 Å². The summed E-state index contributed by atoms with van der Waals surface area (Å²) in [6.45, 7) is 1.97. The number of thioether (sulfide) groups is 1. The number of halogens is 1. The molecule has 156 valence electrons. The van der Waals surface area contributed by atoms with Gasteiger partial charge in [-0.05, 0) is 30.2 Å². The maximum atomic E-state index is 12.6. The lowest BCUT2D eigenvalue weighted by atomic mass is 10.1. The Morgan fingerprint density at radius 2 is 2.00 bits per heavy atom. The summed E-state index contributed by atoms with van der Waals surface area (Å²) in [6, 6.07) is 14.6. The van der Waals surface area contributed by atoms with Crippen LogP contribution in [0.5, 0.6) is 0 Å². The molecule has 2 fully saturated rings. The standard InChI is InChI=1S/C21H20ClN3O3S2/c1-14-3-2-4-16(9-14)10-20(26)24-21-25(18-12-30(27,28)13-19(18)29-21)23-11-15-5-7-17(22)8-6-15/h2-9,11,18-19H,10,12-13H2,1H3/b23-11+,24-21?. The van der Waals surface area contributed by atoms with Crippen molar-refractivity contribution in [3.05, 3.63) is 70.2 Å². The van der Waals surface area contributed by atoms with Crippen molar-refractivity contribution in [3.63, 3.8) is 0 Å². The first-order chi connectivity index (χ1) is 14.3. The molecule has 0 N–H and O–H groups in total. The van der Waals surface area contributed by atoms with Gasteiger partial charge in [-0.3, -0.25) is 4.79 Å². The van der Waals surface area contributed by atoms with Gasteiger partial charge in [0.25, 0.3) is 5.91 Å². The minimum atomic E-state index is -3.13. The molecule has 2 aliphatic rings. The third kappa shape index (κ3) is 4.94. The molecule has 2 aromatic carbocycles. The molecule has 2 heterocycles. The highest BCUT2D eigenvalue weighted by Crippen LogP contribution is 2.38. The fourth-order valence-corrected chi connectivity index (χ4v) is 7.48. The van der Waals surface area contributed by atoms with E-state index in [1.165, 1.54) is 11.8 Å². The zero-order chi connectivity index (χ0) is 21.3. The van der Waals surface area contributed by atoms with E-state index in [-0.39, 0.29) is 35.1 Å². The van der Waals surface area contributed by atoms with Gasteiger partial charge in [0, 0.05) is 5.02 Å². The van der Waals surface area contributed by atoms with Crippen molar-refractivity contribution in [2.24, 2.45) is 10.1 Å². The van der Waals surface area contributed by atoms with Gasteiger partial charge in [-0.2, -0.15) is 10.1 Å². The van der Waals surface area contributed by atoms with Gasteiger partial charge in [-0.1, -0.05) is 65.3 Å². The van der Waals surface area contributed by atoms with Crippen molar-refractivity contribution in [1.29, 1.82) is 0 Å². The second-order valence-electron chi connectivity index (χ2n) is 7.40. The largest absolute Gasteiger partial charge is 0.272 e. The van der Waals surface area contributed by atoms with E-state index in [4.69, 9.17) is 11.6 Å². The quantitative estimate of drug-likeness (QED) is 0.652. The maximum absolute atomic E-state index is 12.6. The number of amides is 1. The molecule has 4 rings (SSSR count). The summed E-state index contributed by atoms with van der Waals surface area (Å²) in [5, 5.41) is 6.96. The van der Waals surface area contributed by atoms with E-state index in [0.717, 1.165) is 16.7 Å². The Kier molecular flexibility index (Phi) is 5.99. The summed E-state index contributed by atoms with van der Waals surface area (Å²) in [5.74, 6) is -0.202. The van der Waals surface area contributed by atoms with E-state index in [9.17, 15) is 13.2 Å². The Bertz CT molecular complexity index is 1130. The van der Waals surface area contributed by atoms with E-state index < -0.39 is 9.84 Å². The number of benzene rings is 2. The van der Waals surface area contributed by atoms with Crippen LogP contribution in [0.1, 0.15) is 16.7 Å². The normalized spacial score (nSPS) is 23.9. The Morgan fingerprint density at radius 3 is 2.73 bits per heavy atom. The third-order valence-electron chi connectivity index (χ3n) is 4.90. The Hall–Kier alpha value is -2.16. The lowest BCUT2D eigenvalue weighted by Gasteiger charge is -2.18. The number of hydrazone groups is 1. The van der Waals surface area contributed by atoms with Gasteiger partial charge in [-0.25, -0.2) is 13.4 Å². The summed E-state index contributed by atoms with van der Waals surface area (Å²) < 4.78 is 24.2. The highest BCUT2D eigenvalue weighted by atomic mass is 35.5. The number of aliphatic imine (C=N–C) groups is 1. The molecule has 0 aliphatic carbocycles. The molecule has 0 aromatic heterocycles. The molecule has 6 nitrogen and oxygen atoms in total. The first kappa shape index (κ1) is 21.1. The van der Waals surface area contributed by atoms with Crippen LogP contribution in [-0.4, -0.2) is 53.5 Å². The predicted molar refractivity (Wildman–Crippen MR) is 122 cm³/mol. The molecule has 2 unspecified atom stereocenters. The van der Waals surface area contributed by atoms with Crippen LogP contribution in [0.4, 0.5) is 0 Å². The topological polar surface area (TPSA) is 79.2 Å². The number of carbonyl (C=O) groups is 1. The van der Waals surface area contributed by atoms with E-state index in [1.54, 1.807) is 23.4 Å². The minimum Gasteiger partial charge on any atom is -0.272 e. The molecule has 2 aliphatic heterocycles. The van der Waals surface area contributed by atoms with Gasteiger partial charge in [0.15, 0.2) is 15.0 Å². The van der Waals surface area contributed by atoms with Gasteiger partial charge in [-0.15, -0.1) is 0 Å². The Balaban J connectivity index is 1.57. The molecule has 30 heavy (non-hydrogen) atoms. The molecule has 2 aromatic rings. The number of aryl methyl sites for hydroxylation is 1. The number of carbonyl (C=O) groups excluding carboxylic acids is 1. The molecule has 0 radical (unpaired) electrons. The van der Waals surface area contributed by atoms with Crippen LogP contribution in [0.3, 0.4) is 0 Å². The molecule has 2 atom stereocenters. The molecule has 0 spiro atoms. The van der Waals surface area contributed by atoms with Crippen LogP contribution >= 0.6 is 23.4 Å². The molecule has 9 heteroatoms. The molecular weight excluding hydrogens is 442 g/mol. The fourth-order valence-electron chi connectivity index (χ4n) is 3.50. The van der Waals surface area contributed by atoms with E-state index in [0.29, 0.717) is 10.2 Å². The predicted octanol–water partition coefficient (Wildman–Crippen LogP) is 3.32. The average Bonchev–Trinajstić information content (AvgIpc) is 3.12. The molecule has 1 amide bonds. The van der Waals surface area contributed by atoms with Crippen molar-refractivity contribution in [3.8, 4) is 0 Å². The van der Waals surface area contributed by atoms with Gasteiger partial charge in [0.2, 0.25) is 0 Å². The average molecular weight is 462 g/mol. The molecular formula is C21H20ClN3O3S2. The Labute approximate surface area is 184 Å². The number of hydrogen-bond acceptors (Lipinski definition) is 5. The number of hydrogen-bond donors (Lipinski definition) is 0. The van der Waals surface area contributed by atoms with Crippen molar-refractivity contribution in [1.82, 2.24) is 5.01 Å². The first-order valence-corrected chi connectivity index (χ1v) is 12.5. The summed E-state index contributed by atoms with van der Waals surface area (Å²) in [5.41, 5.74) is 2.79. The molecule has 0 saturated carbocycles. The third-order valence-corrected chi connectivity index (χ3v) is 8.35. The van der Waals surface area contributed by atoms with Gasteiger partial charge in [0.1, 0.15) is 0 Å². The number of amidine groups is 1. The number of sulfone groups is 1. The number of nitrogens with zero attached hydrogens (tertiary/aromatic N) is 3. The summed E-state index contributed by atoms with van der Waals surface area (Å²) in [7, 11) is -3.13. The van der Waals surface area contributed by atoms with Crippen molar-refractivity contribution in [2.75, 3.05) is 11.5 Å². The van der Waals surface area contributed by atoms with Crippen LogP contribution in [0, 0.1) is 6.92 Å². The van der Waals surface area contributed by atoms with Crippen LogP contribution in [0.25, 0.3) is 0 Å². The Morgan fingerprint density at radius 1 is 1.23 bits per heavy atom. The van der Waals surface area contributed by atoms with E-state index >= 15 is 0 Å². The SMILES string of the molecule is Cc1cccc(CC(=O)N=C2SC3CS(=O)(=O)CC3N2/N=C/c2ccc(Cl)cc2)c1. The van der Waals surface area contributed by atoms with Crippen molar-refractivity contribution < 1.29 is 13.2 Å². The fraction of sp³-hybridized carbons (Fsp3) is 0.286. The smallest absolute Gasteiger partial charge is 0.252 e. The summed E-state index contributed by atoms with van der Waals surface area (Å²) in [6.07, 6.45) is 1.82. The van der Waals surface area contributed by atoms with Gasteiger partial charge in [0.05, 0.1) is 35.4 Å². The number of rotatable bonds is 4. The number of fused-ring (bicyclic) bond motifs is 1. The molecule has 0 bridgehead atoms. The van der Waals surface area contributed by atoms with E-state index in [2.05, 4.69) is 10.1 Å². The summed E-state index contributed by atoms with van der Waals surface area (Å²) >= 11 is 7.23. The second-order valence-corrected chi connectivity index (χ2v) is 11.2. The zero-order valence-electron chi connectivity index (χ0n) is 16.2. The highest BCUT2D eigenvalue weighted by Gasteiger charge is 2.49. The molecule has 2 saturated heterocycles. The minimum absolute atomic E-state index is 0.00765. The highest BCUT2D eigenvalue weighted by molar-refractivity contribution is 8.15. The van der Waals surface area contributed by atoms with Crippen LogP contribution in [-0.2, 0) is 21.1 Å². The van der Waals surface area contributed by atoms with Crippen LogP contribution in [0.15, 0.2) is 58.6 Å². The van der Waals surface area contributed by atoms with E-state index in [1.807, 2.05) is 43.3 Å². The lowest BCUT2D eigenvalue weighted by molar-refractivity contribution is -0.117. The van der Waals surface area contributed by atoms with Crippen molar-refractivity contribution in [2.45, 2.75) is 24.6 Å². The monoisotopic (exact) mass is 461 g/mol. The maximum Gasteiger partial charge on any atom is 0.252 e. The first-order valence-electron chi connectivity index (χ1n) is 9.42. The second kappa shape index (κ2) is 8.53. The summed E-state index contributed by atoms with van der Waals surface area (Å²) in [4.78, 5) is 16.8. The van der Waals surface area contributed by atoms with Crippen LogP contribution in [0.2, 0.25) is 5.02 Å². The van der Waals surface area contributed by atoms with Gasteiger partial charge >= 0.3 is 0 Å². The zero-order valence-corrected chi connectivity index (χ0v) is 18.6. The lowest BCUT2D eigenvalue weighted by Crippen LogP contribution is -2.33.